The summed E-state index contributed by atoms with van der Waals surface area (Å²) in [6.45, 7) is 2.79. The average Bonchev–Trinajstić information content (AvgIpc) is 3.22. The molecule has 2 aliphatic rings. The molecule has 0 spiro atoms. The van der Waals surface area contributed by atoms with Gasteiger partial charge in [-0.1, -0.05) is 35.9 Å². The summed E-state index contributed by atoms with van der Waals surface area (Å²) >= 11 is 6.21. The van der Waals surface area contributed by atoms with Crippen LogP contribution in [0.15, 0.2) is 53.7 Å². The fraction of sp³-hybridized carbons (Fsp3) is 0.273. The maximum atomic E-state index is 12.8. The molecule has 2 heterocycles. The van der Waals surface area contributed by atoms with Crippen molar-refractivity contribution >= 4 is 23.6 Å². The van der Waals surface area contributed by atoms with Gasteiger partial charge < -0.3 is 30.2 Å². The number of halogens is 1. The van der Waals surface area contributed by atoms with Gasteiger partial charge in [0.25, 0.3) is 0 Å². The van der Waals surface area contributed by atoms with E-state index in [1.807, 2.05) is 24.3 Å². The van der Waals surface area contributed by atoms with Gasteiger partial charge >= 0.3 is 12.0 Å². The number of carbonyl (C=O) groups is 2. The molecule has 2 amide bonds. The molecule has 2 aliphatic heterocycles. The second-order valence-electron chi connectivity index (χ2n) is 6.95. The first-order chi connectivity index (χ1) is 15.1. The summed E-state index contributed by atoms with van der Waals surface area (Å²) in [4.78, 5) is 25.2. The van der Waals surface area contributed by atoms with Crippen molar-refractivity contribution in [3.05, 3.63) is 69.9 Å². The first-order valence-electron chi connectivity index (χ1n) is 9.88. The largest absolute Gasteiger partial charge is 0.463 e. The minimum atomic E-state index is -0.695. The van der Waals surface area contributed by atoms with Crippen LogP contribution >= 0.6 is 11.6 Å². The van der Waals surface area contributed by atoms with Gasteiger partial charge in [0.2, 0.25) is 6.79 Å². The van der Waals surface area contributed by atoms with Crippen LogP contribution in [0.2, 0.25) is 5.02 Å². The maximum absolute atomic E-state index is 12.8. The smallest absolute Gasteiger partial charge is 0.338 e. The molecule has 31 heavy (non-hydrogen) atoms. The zero-order chi connectivity index (χ0) is 21.8. The molecule has 1 atom stereocenters. The van der Waals surface area contributed by atoms with Crippen LogP contribution in [0.3, 0.4) is 0 Å². The number of ether oxygens (including phenoxy) is 3. The molecule has 0 aromatic heterocycles. The number of carbonyl (C=O) groups excluding carboxylic acids is 2. The van der Waals surface area contributed by atoms with E-state index < -0.39 is 18.0 Å². The Hall–Kier alpha value is -3.23. The Morgan fingerprint density at radius 3 is 2.81 bits per heavy atom. The number of urea groups is 1. The summed E-state index contributed by atoms with van der Waals surface area (Å²) < 4.78 is 16.1. The minimum absolute atomic E-state index is 0.134. The van der Waals surface area contributed by atoms with Crippen LogP contribution in [0.4, 0.5) is 4.79 Å². The highest BCUT2D eigenvalue weighted by Gasteiger charge is 2.34. The van der Waals surface area contributed by atoms with Gasteiger partial charge in [0.15, 0.2) is 11.5 Å². The van der Waals surface area contributed by atoms with Crippen LogP contribution < -0.4 is 25.4 Å². The Kier molecular flexibility index (Phi) is 6.29. The first kappa shape index (κ1) is 21.0. The molecule has 0 aliphatic carbocycles. The zero-order valence-corrected chi connectivity index (χ0v) is 17.6. The summed E-state index contributed by atoms with van der Waals surface area (Å²) in [5.74, 6) is 0.673. The van der Waals surface area contributed by atoms with E-state index in [4.69, 9.17) is 25.8 Å². The highest BCUT2D eigenvalue weighted by molar-refractivity contribution is 6.31. The molecule has 4 rings (SSSR count). The molecule has 0 unspecified atom stereocenters. The minimum Gasteiger partial charge on any atom is -0.463 e. The van der Waals surface area contributed by atoms with Crippen molar-refractivity contribution in [2.24, 2.45) is 0 Å². The molecular formula is C22H22ClN3O5. The summed E-state index contributed by atoms with van der Waals surface area (Å²) in [6, 6.07) is 11.7. The molecule has 3 N–H and O–H groups in total. The number of hydrogen-bond donors (Lipinski definition) is 3. The third-order valence-electron chi connectivity index (χ3n) is 4.95. The Morgan fingerprint density at radius 1 is 1.19 bits per heavy atom. The molecule has 0 fully saturated rings. The summed E-state index contributed by atoms with van der Waals surface area (Å²) in [5.41, 5.74) is 2.37. The van der Waals surface area contributed by atoms with E-state index in [0.29, 0.717) is 39.9 Å². The first-order valence-corrected chi connectivity index (χ1v) is 10.3. The van der Waals surface area contributed by atoms with Gasteiger partial charge in [0.05, 0.1) is 18.2 Å². The average molecular weight is 444 g/mol. The van der Waals surface area contributed by atoms with Crippen molar-refractivity contribution in [1.29, 1.82) is 0 Å². The number of fused-ring (bicyclic) bond motifs is 1. The molecule has 2 aromatic rings. The molecule has 2 aromatic carbocycles. The lowest BCUT2D eigenvalue weighted by Crippen LogP contribution is -2.48. The van der Waals surface area contributed by atoms with Crippen molar-refractivity contribution in [1.82, 2.24) is 16.0 Å². The number of rotatable bonds is 7. The number of nitrogens with one attached hydrogen (secondary N) is 3. The van der Waals surface area contributed by atoms with Gasteiger partial charge in [-0.3, -0.25) is 0 Å². The monoisotopic (exact) mass is 443 g/mol. The van der Waals surface area contributed by atoms with E-state index in [9.17, 15) is 9.59 Å². The van der Waals surface area contributed by atoms with Gasteiger partial charge in [0.1, 0.15) is 0 Å². The third kappa shape index (κ3) is 4.60. The van der Waals surface area contributed by atoms with E-state index in [1.165, 1.54) is 0 Å². The quantitative estimate of drug-likeness (QED) is 0.569. The van der Waals surface area contributed by atoms with Crippen molar-refractivity contribution in [3.8, 4) is 11.5 Å². The van der Waals surface area contributed by atoms with Crippen molar-refractivity contribution < 1.29 is 23.8 Å². The summed E-state index contributed by atoms with van der Waals surface area (Å²) in [7, 11) is 0. The van der Waals surface area contributed by atoms with Gasteiger partial charge in [0, 0.05) is 23.8 Å². The summed E-state index contributed by atoms with van der Waals surface area (Å²) in [6.07, 6.45) is 0. The van der Waals surface area contributed by atoms with Crippen molar-refractivity contribution in [2.45, 2.75) is 19.5 Å². The van der Waals surface area contributed by atoms with Gasteiger partial charge in [-0.25, -0.2) is 9.59 Å². The van der Waals surface area contributed by atoms with E-state index >= 15 is 0 Å². The second-order valence-corrected chi connectivity index (χ2v) is 7.36. The molecule has 8 nitrogen and oxygen atoms in total. The van der Waals surface area contributed by atoms with Gasteiger partial charge in [-0.2, -0.15) is 0 Å². The Balaban J connectivity index is 1.62. The van der Waals surface area contributed by atoms with Crippen LogP contribution in [0.5, 0.6) is 11.5 Å². The molecule has 162 valence electrons. The van der Waals surface area contributed by atoms with E-state index in [1.54, 1.807) is 25.1 Å². The fourth-order valence-corrected chi connectivity index (χ4v) is 3.72. The highest BCUT2D eigenvalue weighted by atomic mass is 35.5. The van der Waals surface area contributed by atoms with Crippen LogP contribution in [0.25, 0.3) is 0 Å². The van der Waals surface area contributed by atoms with Crippen molar-refractivity contribution in [2.75, 3.05) is 19.9 Å². The van der Waals surface area contributed by atoms with E-state index in [2.05, 4.69) is 16.0 Å². The molecule has 0 saturated carbocycles. The predicted octanol–water partition coefficient (Wildman–Crippen LogP) is 3.03. The highest BCUT2D eigenvalue weighted by Crippen LogP contribution is 2.37. The molecule has 0 bridgehead atoms. The van der Waals surface area contributed by atoms with E-state index in [0.717, 1.165) is 5.56 Å². The van der Waals surface area contributed by atoms with Crippen LogP contribution in [0.1, 0.15) is 24.1 Å². The Morgan fingerprint density at radius 2 is 2.00 bits per heavy atom. The molecule has 9 heteroatoms. The predicted molar refractivity (Wildman–Crippen MR) is 114 cm³/mol. The Bertz CT molecular complexity index is 1040. The molecular weight excluding hydrogens is 422 g/mol. The van der Waals surface area contributed by atoms with Crippen LogP contribution in [-0.4, -0.2) is 31.9 Å². The number of esters is 1. The lowest BCUT2D eigenvalue weighted by atomic mass is 9.94. The maximum Gasteiger partial charge on any atom is 0.338 e. The number of benzene rings is 2. The van der Waals surface area contributed by atoms with Gasteiger partial charge in [-0.15, -0.1) is 0 Å². The lowest BCUT2D eigenvalue weighted by Gasteiger charge is -2.29. The summed E-state index contributed by atoms with van der Waals surface area (Å²) in [5, 5.41) is 9.42. The van der Waals surface area contributed by atoms with Crippen LogP contribution in [0, 0.1) is 0 Å². The Labute approximate surface area is 184 Å². The molecule has 0 saturated heterocycles. The topological polar surface area (TPSA) is 97.9 Å². The zero-order valence-electron chi connectivity index (χ0n) is 16.9. The number of amides is 2. The van der Waals surface area contributed by atoms with E-state index in [-0.39, 0.29) is 19.9 Å². The standard InChI is InChI=1S/C22H22ClN3O5/c1-2-29-21(27)19-16(11-24-10-14-5-3-4-6-15(14)23)25-22(28)26-20(19)13-7-8-17-18(9-13)31-12-30-17/h3-9,20,24H,2,10-12H2,1H3,(H2,25,26,28)/t20-/m1/s1. The fourth-order valence-electron chi connectivity index (χ4n) is 3.51. The SMILES string of the molecule is CCOC(=O)C1=C(CNCc2ccccc2Cl)NC(=O)N[C@@H]1c1ccc2c(c1)OCO2. The third-order valence-corrected chi connectivity index (χ3v) is 5.32. The normalized spacial score (nSPS) is 17.2. The second kappa shape index (κ2) is 9.28. The number of hydrogen-bond acceptors (Lipinski definition) is 6. The van der Waals surface area contributed by atoms with Crippen molar-refractivity contribution in [3.63, 3.8) is 0 Å². The molecule has 0 radical (unpaired) electrons. The van der Waals surface area contributed by atoms with Crippen LogP contribution in [-0.2, 0) is 16.1 Å². The lowest BCUT2D eigenvalue weighted by molar-refractivity contribution is -0.139. The van der Waals surface area contributed by atoms with Gasteiger partial charge in [-0.05, 0) is 36.2 Å².